The number of hydrogen-bond acceptors (Lipinski definition) is 3. The molecule has 0 saturated heterocycles. The molecule has 0 aromatic carbocycles. The topological polar surface area (TPSA) is 60.2 Å². The van der Waals surface area contributed by atoms with Crippen molar-refractivity contribution in [2.75, 3.05) is 0 Å². The molecule has 0 aromatic heterocycles. The predicted molar refractivity (Wildman–Crippen MR) is 61.5 cm³/mol. The molecule has 0 bridgehead atoms. The second-order valence-electron chi connectivity index (χ2n) is 4.46. The fraction of sp³-hybridized carbons (Fsp3) is 0.750. The first-order chi connectivity index (χ1) is 7.57. The zero-order valence-electron chi connectivity index (χ0n) is 9.78. The van der Waals surface area contributed by atoms with Gasteiger partial charge < -0.3 is 0 Å². The second kappa shape index (κ2) is 5.77. The van der Waals surface area contributed by atoms with E-state index in [0.29, 0.717) is 12.8 Å². The van der Waals surface area contributed by atoms with Crippen molar-refractivity contribution >= 4 is 5.78 Å². The number of hydrogen-bond donors (Lipinski definition) is 0. The van der Waals surface area contributed by atoms with Gasteiger partial charge in [-0.15, -0.1) is 0 Å². The predicted octanol–water partition coefficient (Wildman–Crippen LogP) is 2.95. The molecule has 1 fully saturated rings. The summed E-state index contributed by atoms with van der Waals surface area (Å²) in [7, 11) is 0. The summed E-state index contributed by atoms with van der Waals surface area (Å²) in [6.45, 7) is 5.58. The Hall–Kier alpha value is -1.19. The molecule has 16 heavy (non-hydrogen) atoms. The molecule has 1 rings (SSSR count). The van der Waals surface area contributed by atoms with Gasteiger partial charge in [-0.2, -0.15) is 0 Å². The molecule has 2 unspecified atom stereocenters. The van der Waals surface area contributed by atoms with Gasteiger partial charge in [0, 0.05) is 12.3 Å². The summed E-state index contributed by atoms with van der Waals surface area (Å²) in [5.41, 5.74) is 0.0219. The van der Waals surface area contributed by atoms with E-state index in [0.717, 1.165) is 25.7 Å². The largest absolute Gasteiger partial charge is 0.299 e. The summed E-state index contributed by atoms with van der Waals surface area (Å²) in [6.07, 6.45) is 4.87. The van der Waals surface area contributed by atoms with Gasteiger partial charge in [-0.05, 0) is 25.8 Å². The Bertz CT molecular complexity index is 299. The van der Waals surface area contributed by atoms with Crippen LogP contribution < -0.4 is 0 Å². The molecule has 90 valence electrons. The molecule has 0 aromatic rings. The molecule has 1 saturated carbocycles. The van der Waals surface area contributed by atoms with Crippen LogP contribution in [0.5, 0.6) is 0 Å². The quantitative estimate of drug-likeness (QED) is 0.515. The summed E-state index contributed by atoms with van der Waals surface area (Å²) in [4.78, 5) is 22.0. The minimum Gasteiger partial charge on any atom is -0.299 e. The highest BCUT2D eigenvalue weighted by Crippen LogP contribution is 2.35. The Kier molecular flexibility index (Phi) is 4.65. The Morgan fingerprint density at radius 1 is 1.69 bits per heavy atom. The molecular formula is C12H19NO3. The van der Waals surface area contributed by atoms with E-state index in [-0.39, 0.29) is 23.3 Å². The van der Waals surface area contributed by atoms with Gasteiger partial charge >= 0.3 is 0 Å². The van der Waals surface area contributed by atoms with Gasteiger partial charge in [0.15, 0.2) is 0 Å². The molecule has 0 aliphatic heterocycles. The summed E-state index contributed by atoms with van der Waals surface area (Å²) in [6, 6.07) is 0. The maximum absolute atomic E-state index is 11.6. The van der Waals surface area contributed by atoms with E-state index in [1.807, 2.05) is 6.92 Å². The van der Waals surface area contributed by atoms with Gasteiger partial charge in [0.25, 0.3) is 0 Å². The van der Waals surface area contributed by atoms with Crippen molar-refractivity contribution in [2.45, 2.75) is 45.4 Å². The minimum absolute atomic E-state index is 0.0219. The van der Waals surface area contributed by atoms with E-state index in [4.69, 9.17) is 0 Å². The molecular weight excluding hydrogens is 206 g/mol. The zero-order valence-corrected chi connectivity index (χ0v) is 9.78. The lowest BCUT2D eigenvalue weighted by Gasteiger charge is -2.18. The Morgan fingerprint density at radius 2 is 2.38 bits per heavy atom. The average Bonchev–Trinajstić information content (AvgIpc) is 2.65. The van der Waals surface area contributed by atoms with Crippen molar-refractivity contribution in [3.63, 3.8) is 0 Å². The molecule has 0 N–H and O–H groups in total. The number of rotatable bonds is 6. The molecule has 1 aliphatic carbocycles. The van der Waals surface area contributed by atoms with Crippen LogP contribution in [0.1, 0.15) is 45.4 Å². The van der Waals surface area contributed by atoms with E-state index in [2.05, 4.69) is 6.58 Å². The lowest BCUT2D eigenvalue weighted by molar-refractivity contribution is -0.434. The van der Waals surface area contributed by atoms with Crippen LogP contribution in [-0.2, 0) is 4.79 Å². The lowest BCUT2D eigenvalue weighted by Crippen LogP contribution is -2.23. The first-order valence-corrected chi connectivity index (χ1v) is 5.93. The third-order valence-electron chi connectivity index (χ3n) is 3.37. The van der Waals surface area contributed by atoms with Crippen LogP contribution in [-0.4, -0.2) is 10.7 Å². The summed E-state index contributed by atoms with van der Waals surface area (Å²) in [5.74, 6) is -0.210. The SMILES string of the molecule is C=C(C(CCCC)C1CCCC1=O)[N+](=O)[O-]. The third-order valence-corrected chi connectivity index (χ3v) is 3.37. The number of allylic oxidation sites excluding steroid dienone is 1. The molecule has 0 heterocycles. The van der Waals surface area contributed by atoms with Crippen molar-refractivity contribution in [3.8, 4) is 0 Å². The highest BCUT2D eigenvalue weighted by molar-refractivity contribution is 5.83. The van der Waals surface area contributed by atoms with E-state index in [1.165, 1.54) is 0 Å². The van der Waals surface area contributed by atoms with Gasteiger partial charge in [-0.3, -0.25) is 14.9 Å². The molecule has 0 radical (unpaired) electrons. The van der Waals surface area contributed by atoms with Gasteiger partial charge in [0.2, 0.25) is 5.70 Å². The van der Waals surface area contributed by atoms with Crippen molar-refractivity contribution in [1.82, 2.24) is 0 Å². The Balaban J connectivity index is 2.73. The standard InChI is InChI=1S/C12H19NO3/c1-3-4-6-10(9(2)13(15)16)11-7-5-8-12(11)14/h10-11H,2-8H2,1H3. The van der Waals surface area contributed by atoms with Crippen LogP contribution >= 0.6 is 0 Å². The maximum atomic E-state index is 11.6. The first kappa shape index (κ1) is 12.9. The number of carbonyl (C=O) groups excluding carboxylic acids is 1. The minimum atomic E-state index is -0.425. The number of Topliss-reactive ketones (excluding diaryl/α,β-unsaturated/α-hetero) is 1. The van der Waals surface area contributed by atoms with Crippen LogP contribution in [0.25, 0.3) is 0 Å². The van der Waals surface area contributed by atoms with Crippen molar-refractivity contribution in [3.05, 3.63) is 22.4 Å². The fourth-order valence-electron chi connectivity index (χ4n) is 2.43. The van der Waals surface area contributed by atoms with Crippen LogP contribution in [0.2, 0.25) is 0 Å². The summed E-state index contributed by atoms with van der Waals surface area (Å²) >= 11 is 0. The maximum Gasteiger partial charge on any atom is 0.242 e. The van der Waals surface area contributed by atoms with Gasteiger partial charge in [0.05, 0.1) is 10.8 Å². The number of nitrogens with zero attached hydrogens (tertiary/aromatic N) is 1. The Morgan fingerprint density at radius 3 is 2.81 bits per heavy atom. The van der Waals surface area contributed by atoms with Gasteiger partial charge in [-0.1, -0.05) is 19.8 Å². The van der Waals surface area contributed by atoms with Crippen molar-refractivity contribution in [2.24, 2.45) is 11.8 Å². The normalized spacial score (nSPS) is 22.1. The molecule has 2 atom stereocenters. The fourth-order valence-corrected chi connectivity index (χ4v) is 2.43. The Labute approximate surface area is 95.9 Å². The highest BCUT2D eigenvalue weighted by Gasteiger charge is 2.37. The number of ketones is 1. The molecule has 4 nitrogen and oxygen atoms in total. The van der Waals surface area contributed by atoms with Gasteiger partial charge in [-0.25, -0.2) is 0 Å². The first-order valence-electron chi connectivity index (χ1n) is 5.93. The van der Waals surface area contributed by atoms with E-state index >= 15 is 0 Å². The van der Waals surface area contributed by atoms with Gasteiger partial charge in [0.1, 0.15) is 5.78 Å². The summed E-state index contributed by atoms with van der Waals surface area (Å²) in [5, 5.41) is 10.8. The van der Waals surface area contributed by atoms with Crippen LogP contribution in [0, 0.1) is 22.0 Å². The number of unbranched alkanes of at least 4 members (excludes halogenated alkanes) is 1. The summed E-state index contributed by atoms with van der Waals surface area (Å²) < 4.78 is 0. The van der Waals surface area contributed by atoms with Crippen LogP contribution in [0.15, 0.2) is 12.3 Å². The molecule has 4 heteroatoms. The molecule has 0 spiro atoms. The average molecular weight is 225 g/mol. The van der Waals surface area contributed by atoms with Crippen molar-refractivity contribution in [1.29, 1.82) is 0 Å². The number of carbonyl (C=O) groups is 1. The van der Waals surface area contributed by atoms with E-state index in [1.54, 1.807) is 0 Å². The molecule has 1 aliphatic rings. The monoisotopic (exact) mass is 225 g/mol. The second-order valence-corrected chi connectivity index (χ2v) is 4.46. The zero-order chi connectivity index (χ0) is 12.1. The van der Waals surface area contributed by atoms with E-state index < -0.39 is 4.92 Å². The molecule has 0 amide bonds. The van der Waals surface area contributed by atoms with Crippen molar-refractivity contribution < 1.29 is 9.72 Å². The van der Waals surface area contributed by atoms with Crippen LogP contribution in [0.4, 0.5) is 0 Å². The van der Waals surface area contributed by atoms with Crippen LogP contribution in [0.3, 0.4) is 0 Å². The van der Waals surface area contributed by atoms with E-state index in [9.17, 15) is 14.9 Å². The number of nitro groups is 1. The smallest absolute Gasteiger partial charge is 0.242 e. The highest BCUT2D eigenvalue weighted by atomic mass is 16.6. The third kappa shape index (κ3) is 2.90. The lowest BCUT2D eigenvalue weighted by atomic mass is 9.84.